The Morgan fingerprint density at radius 3 is 2.16 bits per heavy atom. The summed E-state index contributed by atoms with van der Waals surface area (Å²) in [7, 11) is 0. The lowest BCUT2D eigenvalue weighted by Crippen LogP contribution is -2.58. The molecule has 232 valence electrons. The number of carboxylic acids is 1. The minimum atomic E-state index is -1.29. The van der Waals surface area contributed by atoms with Crippen molar-refractivity contribution in [3.63, 3.8) is 0 Å². The topological polar surface area (TPSA) is 221 Å². The summed E-state index contributed by atoms with van der Waals surface area (Å²) in [6.45, 7) is 0.372. The maximum atomic E-state index is 13.8. The third kappa shape index (κ3) is 8.75. The molecule has 2 aromatic carbocycles. The SMILES string of the molecule is NCCC[C@H](N)C(=O)N[C@@H](Cc1ccccc1)C(=O)N[C@@H](Cc1c[nH]c2ccccc12)C(=O)N[C@@H](Cc1cnc[nH]1)C(=O)O. The van der Waals surface area contributed by atoms with Crippen LogP contribution in [-0.2, 0) is 38.4 Å². The zero-order valence-electron chi connectivity index (χ0n) is 24.2. The van der Waals surface area contributed by atoms with Crippen LogP contribution in [-0.4, -0.2) is 74.5 Å². The minimum absolute atomic E-state index is 0.0395. The van der Waals surface area contributed by atoms with Crippen molar-refractivity contribution in [3.05, 3.63) is 90.1 Å². The maximum absolute atomic E-state index is 13.8. The molecule has 2 heterocycles. The molecular weight excluding hydrogens is 564 g/mol. The molecule has 0 aliphatic rings. The van der Waals surface area contributed by atoms with Crippen molar-refractivity contribution >= 4 is 34.6 Å². The normalized spacial score (nSPS) is 13.9. The molecule has 4 aromatic rings. The minimum Gasteiger partial charge on any atom is -0.480 e. The molecule has 0 saturated heterocycles. The van der Waals surface area contributed by atoms with E-state index in [1.54, 1.807) is 6.20 Å². The first-order valence-corrected chi connectivity index (χ1v) is 14.4. The van der Waals surface area contributed by atoms with Crippen LogP contribution in [0.25, 0.3) is 10.9 Å². The van der Waals surface area contributed by atoms with Crippen LogP contribution in [0.1, 0.15) is 29.7 Å². The predicted octanol–water partition coefficient (Wildman–Crippen LogP) is 0.524. The number of aromatic nitrogens is 3. The van der Waals surface area contributed by atoms with E-state index < -0.39 is 47.9 Å². The molecule has 0 spiro atoms. The Labute approximate surface area is 254 Å². The number of carboxylic acid groups (broad SMARTS) is 1. The Kier molecular flexibility index (Phi) is 11.2. The summed E-state index contributed by atoms with van der Waals surface area (Å²) < 4.78 is 0. The smallest absolute Gasteiger partial charge is 0.326 e. The zero-order chi connectivity index (χ0) is 31.5. The second-order valence-corrected chi connectivity index (χ2v) is 10.6. The summed E-state index contributed by atoms with van der Waals surface area (Å²) in [5.74, 6) is -3.07. The van der Waals surface area contributed by atoms with Crippen molar-refractivity contribution in [1.29, 1.82) is 0 Å². The van der Waals surface area contributed by atoms with E-state index in [1.165, 1.54) is 12.5 Å². The third-order valence-electron chi connectivity index (χ3n) is 7.30. The van der Waals surface area contributed by atoms with Crippen molar-refractivity contribution in [2.24, 2.45) is 11.5 Å². The first kappa shape index (κ1) is 31.9. The molecule has 0 aliphatic carbocycles. The van der Waals surface area contributed by atoms with Crippen molar-refractivity contribution in [1.82, 2.24) is 30.9 Å². The van der Waals surface area contributed by atoms with E-state index in [1.807, 2.05) is 54.6 Å². The van der Waals surface area contributed by atoms with E-state index in [4.69, 9.17) is 11.5 Å². The van der Waals surface area contributed by atoms with Gasteiger partial charge in [0.25, 0.3) is 0 Å². The third-order valence-corrected chi connectivity index (χ3v) is 7.30. The molecule has 13 nitrogen and oxygen atoms in total. The molecule has 0 saturated carbocycles. The lowest BCUT2D eigenvalue weighted by Gasteiger charge is -2.25. The number of nitrogens with one attached hydrogen (secondary N) is 5. The first-order chi connectivity index (χ1) is 21.2. The molecule has 4 rings (SSSR count). The van der Waals surface area contributed by atoms with Crippen LogP contribution >= 0.6 is 0 Å². The number of hydrogen-bond acceptors (Lipinski definition) is 7. The number of benzene rings is 2. The number of carbonyl (C=O) groups is 4. The second kappa shape index (κ2) is 15.5. The molecule has 44 heavy (non-hydrogen) atoms. The van der Waals surface area contributed by atoms with Gasteiger partial charge in [0.15, 0.2) is 0 Å². The Hall–Kier alpha value is -5.01. The van der Waals surface area contributed by atoms with Gasteiger partial charge in [-0.15, -0.1) is 0 Å². The number of nitrogens with zero attached hydrogens (tertiary/aromatic N) is 1. The Morgan fingerprint density at radius 2 is 1.48 bits per heavy atom. The van der Waals surface area contributed by atoms with Crippen LogP contribution in [0.5, 0.6) is 0 Å². The number of para-hydroxylation sites is 1. The average Bonchev–Trinajstić information content (AvgIpc) is 3.69. The molecule has 0 fully saturated rings. The highest BCUT2D eigenvalue weighted by atomic mass is 16.4. The quantitative estimate of drug-likeness (QED) is 0.0901. The van der Waals surface area contributed by atoms with E-state index in [0.717, 1.165) is 22.0 Å². The largest absolute Gasteiger partial charge is 0.480 e. The van der Waals surface area contributed by atoms with Gasteiger partial charge < -0.3 is 42.5 Å². The van der Waals surface area contributed by atoms with E-state index in [9.17, 15) is 24.3 Å². The molecule has 2 aromatic heterocycles. The number of amides is 3. The van der Waals surface area contributed by atoms with E-state index in [2.05, 4.69) is 30.9 Å². The number of aromatic amines is 2. The average molecular weight is 603 g/mol. The predicted molar refractivity (Wildman–Crippen MR) is 164 cm³/mol. The van der Waals surface area contributed by atoms with E-state index in [-0.39, 0.29) is 19.3 Å². The highest BCUT2D eigenvalue weighted by Crippen LogP contribution is 2.19. The molecule has 0 aliphatic heterocycles. The standard InChI is InChI=1S/C31H38N8O5/c32-12-6-10-23(33)28(40)37-25(13-19-7-2-1-3-8-19)29(41)38-26(14-20-16-35-24-11-5-4-9-22(20)24)30(42)39-27(31(43)44)15-21-17-34-18-36-21/h1-5,7-9,11,16-18,23,25-27,35H,6,10,12-15,32-33H2,(H,34,36)(H,37,40)(H,38,41)(H,39,42)(H,43,44)/t23-,25-,26-,27-/m0/s1. The maximum Gasteiger partial charge on any atom is 0.326 e. The zero-order valence-corrected chi connectivity index (χ0v) is 24.2. The van der Waals surface area contributed by atoms with Crippen LogP contribution in [0.4, 0.5) is 0 Å². The van der Waals surface area contributed by atoms with Gasteiger partial charge in [-0.3, -0.25) is 14.4 Å². The summed E-state index contributed by atoms with van der Waals surface area (Å²) in [6.07, 6.45) is 5.68. The van der Waals surface area contributed by atoms with Gasteiger partial charge in [-0.1, -0.05) is 48.5 Å². The number of imidazole rings is 1. The molecular formula is C31H38N8O5. The van der Waals surface area contributed by atoms with Gasteiger partial charge in [0.05, 0.1) is 12.4 Å². The van der Waals surface area contributed by atoms with Crippen molar-refractivity contribution in [2.45, 2.75) is 56.3 Å². The summed E-state index contributed by atoms with van der Waals surface area (Å²) in [4.78, 5) is 62.4. The van der Waals surface area contributed by atoms with Crippen molar-refractivity contribution < 1.29 is 24.3 Å². The van der Waals surface area contributed by atoms with Gasteiger partial charge in [0.1, 0.15) is 18.1 Å². The summed E-state index contributed by atoms with van der Waals surface area (Å²) in [5.41, 5.74) is 14.5. The van der Waals surface area contributed by atoms with Gasteiger partial charge in [-0.05, 0) is 36.6 Å². The molecule has 0 bridgehead atoms. The Morgan fingerprint density at radius 1 is 0.818 bits per heavy atom. The fourth-order valence-electron chi connectivity index (χ4n) is 4.90. The Bertz CT molecular complexity index is 1540. The van der Waals surface area contributed by atoms with Crippen LogP contribution in [0.3, 0.4) is 0 Å². The molecule has 4 atom stereocenters. The first-order valence-electron chi connectivity index (χ1n) is 14.4. The highest BCUT2D eigenvalue weighted by molar-refractivity contribution is 5.95. The van der Waals surface area contributed by atoms with Gasteiger partial charge in [-0.25, -0.2) is 9.78 Å². The Balaban J connectivity index is 1.59. The fourth-order valence-corrected chi connectivity index (χ4v) is 4.90. The lowest BCUT2D eigenvalue weighted by atomic mass is 10.0. The monoisotopic (exact) mass is 602 g/mol. The fraction of sp³-hybridized carbons (Fsp3) is 0.323. The number of rotatable bonds is 16. The lowest BCUT2D eigenvalue weighted by molar-refractivity contribution is -0.142. The van der Waals surface area contributed by atoms with Gasteiger partial charge in [0.2, 0.25) is 17.7 Å². The molecule has 10 N–H and O–H groups in total. The second-order valence-electron chi connectivity index (χ2n) is 10.6. The molecule has 0 radical (unpaired) electrons. The van der Waals surface area contributed by atoms with E-state index in [0.29, 0.717) is 25.1 Å². The molecule has 3 amide bonds. The van der Waals surface area contributed by atoms with Crippen LogP contribution in [0.2, 0.25) is 0 Å². The number of hydrogen-bond donors (Lipinski definition) is 8. The summed E-state index contributed by atoms with van der Waals surface area (Å²) in [6, 6.07) is 12.2. The van der Waals surface area contributed by atoms with Crippen molar-refractivity contribution in [3.8, 4) is 0 Å². The van der Waals surface area contributed by atoms with Crippen LogP contribution < -0.4 is 27.4 Å². The van der Waals surface area contributed by atoms with Crippen LogP contribution in [0, 0.1) is 0 Å². The summed E-state index contributed by atoms with van der Waals surface area (Å²) >= 11 is 0. The summed E-state index contributed by atoms with van der Waals surface area (Å²) in [5, 5.41) is 18.8. The highest BCUT2D eigenvalue weighted by Gasteiger charge is 2.31. The number of fused-ring (bicyclic) bond motifs is 1. The van der Waals surface area contributed by atoms with Crippen molar-refractivity contribution in [2.75, 3.05) is 6.54 Å². The van der Waals surface area contributed by atoms with Gasteiger partial charge in [0, 0.05) is 48.3 Å². The van der Waals surface area contributed by atoms with Gasteiger partial charge in [-0.2, -0.15) is 0 Å². The van der Waals surface area contributed by atoms with E-state index >= 15 is 0 Å². The number of carbonyl (C=O) groups excluding carboxylic acids is 3. The number of H-pyrrole nitrogens is 2. The number of nitrogens with two attached hydrogens (primary N) is 2. The van der Waals surface area contributed by atoms with Gasteiger partial charge >= 0.3 is 5.97 Å². The number of aliphatic carboxylic acids is 1. The molecule has 13 heteroatoms. The van der Waals surface area contributed by atoms with Crippen LogP contribution in [0.15, 0.2) is 73.3 Å². The molecule has 0 unspecified atom stereocenters.